The molecule has 2 atom stereocenters. The van der Waals surface area contributed by atoms with E-state index < -0.39 is 0 Å². The number of amides is 1. The van der Waals surface area contributed by atoms with Gasteiger partial charge < -0.3 is 10.2 Å². The number of carbonyl (C=O) groups is 1. The van der Waals surface area contributed by atoms with Crippen LogP contribution in [0.2, 0.25) is 0 Å². The molecule has 0 bridgehead atoms. The van der Waals surface area contributed by atoms with Crippen LogP contribution in [-0.2, 0) is 4.79 Å². The number of piperazine rings is 1. The molecule has 1 amide bonds. The van der Waals surface area contributed by atoms with E-state index in [0.29, 0.717) is 0 Å². The molecule has 0 unspecified atom stereocenters. The Balaban J connectivity index is 1.67. The zero-order valence-electron chi connectivity index (χ0n) is 14.5. The third kappa shape index (κ3) is 5.74. The first kappa shape index (κ1) is 18.1. The lowest BCUT2D eigenvalue weighted by atomic mass is 10.2. The molecule has 128 valence electrons. The molecule has 1 saturated heterocycles. The van der Waals surface area contributed by atoms with Crippen molar-refractivity contribution in [1.82, 2.24) is 10.2 Å². The number of benzene rings is 1. The third-order valence-corrected chi connectivity index (χ3v) is 5.40. The summed E-state index contributed by atoms with van der Waals surface area (Å²) in [5, 5.41) is 3.14. The van der Waals surface area contributed by atoms with Gasteiger partial charge in [0.05, 0.1) is 5.25 Å². The molecule has 1 aromatic rings. The van der Waals surface area contributed by atoms with Crippen molar-refractivity contribution in [3.63, 3.8) is 0 Å². The normalized spacial score (nSPS) is 18.5. The molecule has 1 heterocycles. The van der Waals surface area contributed by atoms with Crippen LogP contribution in [0.4, 0.5) is 5.69 Å². The van der Waals surface area contributed by atoms with Gasteiger partial charge in [0.25, 0.3) is 0 Å². The van der Waals surface area contributed by atoms with Crippen LogP contribution in [-0.4, -0.2) is 61.1 Å². The van der Waals surface area contributed by atoms with E-state index in [1.807, 2.05) is 13.2 Å². The van der Waals surface area contributed by atoms with Crippen LogP contribution in [0.15, 0.2) is 30.3 Å². The average Bonchev–Trinajstić information content (AvgIpc) is 2.60. The topological polar surface area (TPSA) is 35.6 Å². The lowest BCUT2D eigenvalue weighted by Crippen LogP contribution is -2.48. The number of thioether (sulfide) groups is 1. The highest BCUT2D eigenvalue weighted by Crippen LogP contribution is 2.15. The Kier molecular flexibility index (Phi) is 7.24. The molecule has 2 rings (SSSR count). The van der Waals surface area contributed by atoms with Crippen LogP contribution in [0, 0.1) is 0 Å². The van der Waals surface area contributed by atoms with Gasteiger partial charge in [-0.3, -0.25) is 9.69 Å². The van der Waals surface area contributed by atoms with Crippen LogP contribution >= 0.6 is 11.8 Å². The third-order valence-electron chi connectivity index (χ3n) is 4.48. The zero-order chi connectivity index (χ0) is 16.7. The van der Waals surface area contributed by atoms with E-state index in [1.165, 1.54) is 5.69 Å². The van der Waals surface area contributed by atoms with Crippen molar-refractivity contribution in [2.24, 2.45) is 0 Å². The number of anilines is 1. The van der Waals surface area contributed by atoms with E-state index in [9.17, 15) is 4.79 Å². The summed E-state index contributed by atoms with van der Waals surface area (Å²) in [5.74, 6) is 0.152. The molecule has 5 heteroatoms. The lowest BCUT2D eigenvalue weighted by molar-refractivity contribution is -0.120. The van der Waals surface area contributed by atoms with E-state index in [0.717, 1.165) is 39.1 Å². The minimum absolute atomic E-state index is 0.0341. The van der Waals surface area contributed by atoms with Gasteiger partial charge in [0, 0.05) is 44.5 Å². The standard InChI is InChI=1S/C18H29N3OS/c1-15(19-18(22)16(2)23-3)9-10-20-11-13-21(14-12-20)17-7-5-4-6-8-17/h4-8,15-16H,9-14H2,1-3H3,(H,19,22)/t15-,16-/m0/s1. The maximum absolute atomic E-state index is 11.9. The molecule has 1 N–H and O–H groups in total. The molecular weight excluding hydrogens is 306 g/mol. The predicted octanol–water partition coefficient (Wildman–Crippen LogP) is 2.45. The van der Waals surface area contributed by atoms with Gasteiger partial charge in [-0.2, -0.15) is 11.8 Å². The van der Waals surface area contributed by atoms with Gasteiger partial charge in [-0.05, 0) is 38.7 Å². The van der Waals surface area contributed by atoms with Crippen LogP contribution in [0.3, 0.4) is 0 Å². The van der Waals surface area contributed by atoms with Gasteiger partial charge in [-0.25, -0.2) is 0 Å². The van der Waals surface area contributed by atoms with Gasteiger partial charge in [-0.1, -0.05) is 18.2 Å². The van der Waals surface area contributed by atoms with Crippen molar-refractivity contribution in [2.75, 3.05) is 43.9 Å². The first-order chi connectivity index (χ1) is 11.1. The van der Waals surface area contributed by atoms with Crippen molar-refractivity contribution < 1.29 is 4.79 Å². The fourth-order valence-electron chi connectivity index (χ4n) is 2.78. The molecule has 0 aliphatic carbocycles. The number of rotatable bonds is 7. The lowest BCUT2D eigenvalue weighted by Gasteiger charge is -2.36. The fraction of sp³-hybridized carbons (Fsp3) is 0.611. The maximum Gasteiger partial charge on any atom is 0.233 e. The maximum atomic E-state index is 11.9. The summed E-state index contributed by atoms with van der Waals surface area (Å²) in [4.78, 5) is 16.8. The molecule has 0 spiro atoms. The number of nitrogens with one attached hydrogen (secondary N) is 1. The van der Waals surface area contributed by atoms with E-state index >= 15 is 0 Å². The number of carbonyl (C=O) groups excluding carboxylic acids is 1. The Bertz CT molecular complexity index is 474. The molecule has 1 fully saturated rings. The van der Waals surface area contributed by atoms with Crippen LogP contribution in [0.5, 0.6) is 0 Å². The summed E-state index contributed by atoms with van der Waals surface area (Å²) < 4.78 is 0. The average molecular weight is 336 g/mol. The Morgan fingerprint density at radius 3 is 2.43 bits per heavy atom. The van der Waals surface area contributed by atoms with Crippen LogP contribution in [0.1, 0.15) is 20.3 Å². The number of hydrogen-bond donors (Lipinski definition) is 1. The van der Waals surface area contributed by atoms with E-state index in [-0.39, 0.29) is 17.2 Å². The second-order valence-electron chi connectivity index (χ2n) is 6.24. The van der Waals surface area contributed by atoms with Crippen molar-refractivity contribution >= 4 is 23.4 Å². The largest absolute Gasteiger partial charge is 0.369 e. The summed E-state index contributed by atoms with van der Waals surface area (Å²) >= 11 is 1.59. The smallest absolute Gasteiger partial charge is 0.233 e. The Hall–Kier alpha value is -1.20. The van der Waals surface area contributed by atoms with Crippen molar-refractivity contribution in [1.29, 1.82) is 0 Å². The van der Waals surface area contributed by atoms with Gasteiger partial charge in [0.15, 0.2) is 0 Å². The van der Waals surface area contributed by atoms with Gasteiger partial charge >= 0.3 is 0 Å². The highest BCUT2D eigenvalue weighted by molar-refractivity contribution is 7.99. The Labute approximate surface area is 144 Å². The number of nitrogens with zero attached hydrogens (tertiary/aromatic N) is 2. The second-order valence-corrected chi connectivity index (χ2v) is 7.42. The van der Waals surface area contributed by atoms with Gasteiger partial charge in [0.1, 0.15) is 0 Å². The van der Waals surface area contributed by atoms with Gasteiger partial charge in [0.2, 0.25) is 5.91 Å². The molecule has 23 heavy (non-hydrogen) atoms. The summed E-state index contributed by atoms with van der Waals surface area (Å²) in [6.45, 7) is 9.45. The Morgan fingerprint density at radius 2 is 1.83 bits per heavy atom. The highest BCUT2D eigenvalue weighted by Gasteiger charge is 2.18. The van der Waals surface area contributed by atoms with Crippen molar-refractivity contribution in [3.05, 3.63) is 30.3 Å². The molecule has 1 aliphatic rings. The molecule has 0 aromatic heterocycles. The predicted molar refractivity (Wildman–Crippen MR) is 100 cm³/mol. The van der Waals surface area contributed by atoms with E-state index in [4.69, 9.17) is 0 Å². The quantitative estimate of drug-likeness (QED) is 0.830. The molecule has 0 radical (unpaired) electrons. The van der Waals surface area contributed by atoms with Crippen LogP contribution in [0.25, 0.3) is 0 Å². The molecule has 0 saturated carbocycles. The molecule has 1 aliphatic heterocycles. The molecule has 1 aromatic carbocycles. The van der Waals surface area contributed by atoms with E-state index in [2.05, 4.69) is 52.4 Å². The first-order valence-corrected chi connectivity index (χ1v) is 9.74. The summed E-state index contributed by atoms with van der Waals surface area (Å²) in [6.07, 6.45) is 2.99. The monoisotopic (exact) mass is 335 g/mol. The van der Waals surface area contributed by atoms with Gasteiger partial charge in [-0.15, -0.1) is 0 Å². The second kappa shape index (κ2) is 9.18. The minimum Gasteiger partial charge on any atom is -0.369 e. The fourth-order valence-corrected chi connectivity index (χ4v) is 3.07. The first-order valence-electron chi connectivity index (χ1n) is 8.45. The SMILES string of the molecule is CS[C@@H](C)C(=O)N[C@@H](C)CCN1CCN(c2ccccc2)CC1. The Morgan fingerprint density at radius 1 is 1.17 bits per heavy atom. The summed E-state index contributed by atoms with van der Waals surface area (Å²) in [5.41, 5.74) is 1.32. The highest BCUT2D eigenvalue weighted by atomic mass is 32.2. The zero-order valence-corrected chi connectivity index (χ0v) is 15.3. The summed E-state index contributed by atoms with van der Waals surface area (Å²) in [6, 6.07) is 10.9. The minimum atomic E-state index is 0.0341. The van der Waals surface area contributed by atoms with Crippen molar-refractivity contribution in [3.8, 4) is 0 Å². The number of para-hydroxylation sites is 1. The molecular formula is C18H29N3OS. The number of hydrogen-bond acceptors (Lipinski definition) is 4. The van der Waals surface area contributed by atoms with Crippen LogP contribution < -0.4 is 10.2 Å². The van der Waals surface area contributed by atoms with E-state index in [1.54, 1.807) is 11.8 Å². The summed E-state index contributed by atoms with van der Waals surface area (Å²) in [7, 11) is 0. The molecule has 4 nitrogen and oxygen atoms in total. The van der Waals surface area contributed by atoms with Crippen molar-refractivity contribution in [2.45, 2.75) is 31.6 Å².